The normalized spacial score (nSPS) is 15.7. The first-order valence-corrected chi connectivity index (χ1v) is 10.9. The number of nitrogens with one attached hydrogen (secondary N) is 2. The summed E-state index contributed by atoms with van der Waals surface area (Å²) in [7, 11) is -1.95. The molecule has 0 heterocycles. The van der Waals surface area contributed by atoms with Crippen LogP contribution in [0.25, 0.3) is 0 Å². The summed E-state index contributed by atoms with van der Waals surface area (Å²) in [6.45, 7) is 0.837. The van der Waals surface area contributed by atoms with Crippen molar-refractivity contribution in [1.82, 2.24) is 4.72 Å². The first-order chi connectivity index (χ1) is 12.5. The molecule has 1 amide bonds. The van der Waals surface area contributed by atoms with E-state index in [1.165, 1.54) is 44.2 Å². The molecule has 26 heavy (non-hydrogen) atoms. The maximum atomic E-state index is 12.2. The highest BCUT2D eigenvalue weighted by Gasteiger charge is 2.16. The maximum Gasteiger partial charge on any atom is 0.240 e. The number of methoxy groups -OCH3 is 1. The van der Waals surface area contributed by atoms with Gasteiger partial charge >= 0.3 is 0 Å². The van der Waals surface area contributed by atoms with Crippen LogP contribution in [-0.4, -0.2) is 34.6 Å². The molecule has 1 fully saturated rings. The van der Waals surface area contributed by atoms with Crippen LogP contribution in [0.5, 0.6) is 0 Å². The second kappa shape index (κ2) is 10.6. The molecule has 6 nitrogen and oxygen atoms in total. The lowest BCUT2D eigenvalue weighted by molar-refractivity contribution is -0.116. The van der Waals surface area contributed by atoms with Gasteiger partial charge in [0.05, 0.1) is 4.90 Å². The molecule has 0 aliphatic heterocycles. The Morgan fingerprint density at radius 1 is 1.15 bits per heavy atom. The minimum absolute atomic E-state index is 0.0103. The summed E-state index contributed by atoms with van der Waals surface area (Å²) in [4.78, 5) is 12.3. The number of carbonyl (C=O) groups excluding carboxylic acids is 1. The lowest BCUT2D eigenvalue weighted by Gasteiger charge is -2.21. The number of sulfonamides is 1. The topological polar surface area (TPSA) is 84.5 Å². The van der Waals surface area contributed by atoms with Gasteiger partial charge in [0.15, 0.2) is 0 Å². The highest BCUT2D eigenvalue weighted by molar-refractivity contribution is 7.89. The van der Waals surface area contributed by atoms with E-state index in [-0.39, 0.29) is 10.8 Å². The summed E-state index contributed by atoms with van der Waals surface area (Å²) in [5.74, 6) is 0.662. The SMILES string of the molecule is COCCCNS(=O)(=O)c1ccc(NC(=O)CCC2CCCCC2)cc1. The Bertz CT molecular complexity index is 653. The Balaban J connectivity index is 1.79. The third kappa shape index (κ3) is 7.05. The van der Waals surface area contributed by atoms with Gasteiger partial charge in [-0.05, 0) is 43.0 Å². The maximum absolute atomic E-state index is 12.2. The minimum Gasteiger partial charge on any atom is -0.385 e. The predicted octanol–water partition coefficient (Wildman–Crippen LogP) is 3.30. The standard InChI is InChI=1S/C19H30N2O4S/c1-25-15-5-14-20-26(23,24)18-11-9-17(10-12-18)21-19(22)13-8-16-6-3-2-4-7-16/h9-12,16,20H,2-8,13-15H2,1H3,(H,21,22). The van der Waals surface area contributed by atoms with Crippen molar-refractivity contribution in [2.24, 2.45) is 5.92 Å². The number of anilines is 1. The Labute approximate surface area is 156 Å². The number of rotatable bonds is 10. The molecule has 0 atom stereocenters. The monoisotopic (exact) mass is 382 g/mol. The minimum atomic E-state index is -3.53. The largest absolute Gasteiger partial charge is 0.385 e. The molecule has 0 spiro atoms. The molecule has 0 saturated heterocycles. The van der Waals surface area contributed by atoms with Crippen LogP contribution in [-0.2, 0) is 19.6 Å². The zero-order valence-corrected chi connectivity index (χ0v) is 16.3. The number of hydrogen-bond donors (Lipinski definition) is 2. The number of hydrogen-bond acceptors (Lipinski definition) is 4. The fourth-order valence-corrected chi connectivity index (χ4v) is 4.33. The molecule has 0 aromatic heterocycles. The summed E-state index contributed by atoms with van der Waals surface area (Å²) in [6.07, 6.45) is 8.41. The molecule has 0 unspecified atom stereocenters. The highest BCUT2D eigenvalue weighted by Crippen LogP contribution is 2.27. The molecule has 1 saturated carbocycles. The van der Waals surface area contributed by atoms with Gasteiger partial charge in [-0.25, -0.2) is 13.1 Å². The van der Waals surface area contributed by atoms with Gasteiger partial charge in [-0.15, -0.1) is 0 Å². The highest BCUT2D eigenvalue weighted by atomic mass is 32.2. The Kier molecular flexibility index (Phi) is 8.54. The third-order valence-electron chi connectivity index (χ3n) is 4.77. The average Bonchev–Trinajstić information content (AvgIpc) is 2.65. The molecule has 0 bridgehead atoms. The van der Waals surface area contributed by atoms with Crippen molar-refractivity contribution in [3.8, 4) is 0 Å². The van der Waals surface area contributed by atoms with Gasteiger partial charge in [0, 0.05) is 32.4 Å². The van der Waals surface area contributed by atoms with Gasteiger partial charge in [-0.1, -0.05) is 32.1 Å². The van der Waals surface area contributed by atoms with Crippen molar-refractivity contribution in [3.63, 3.8) is 0 Å². The van der Waals surface area contributed by atoms with Gasteiger partial charge in [-0.3, -0.25) is 4.79 Å². The van der Waals surface area contributed by atoms with Crippen molar-refractivity contribution < 1.29 is 17.9 Å². The van der Waals surface area contributed by atoms with Gasteiger partial charge in [0.25, 0.3) is 0 Å². The summed E-state index contributed by atoms with van der Waals surface area (Å²) in [6, 6.07) is 6.27. The zero-order valence-electron chi connectivity index (χ0n) is 15.5. The smallest absolute Gasteiger partial charge is 0.240 e. The van der Waals surface area contributed by atoms with Crippen LogP contribution in [0.4, 0.5) is 5.69 Å². The molecule has 0 radical (unpaired) electrons. The summed E-state index contributed by atoms with van der Waals surface area (Å²) in [5, 5.41) is 2.85. The number of amides is 1. The Morgan fingerprint density at radius 3 is 2.50 bits per heavy atom. The molecule has 1 aromatic rings. The third-order valence-corrected chi connectivity index (χ3v) is 6.25. The second-order valence-corrected chi connectivity index (χ2v) is 8.63. The molecule has 2 N–H and O–H groups in total. The predicted molar refractivity (Wildman–Crippen MR) is 103 cm³/mol. The first kappa shape index (κ1) is 20.9. The van der Waals surface area contributed by atoms with Gasteiger partial charge in [-0.2, -0.15) is 0 Å². The molecule has 1 aromatic carbocycles. The number of benzene rings is 1. The summed E-state index contributed by atoms with van der Waals surface area (Å²) < 4.78 is 31.8. The van der Waals surface area contributed by atoms with Crippen LogP contribution in [0.3, 0.4) is 0 Å². The van der Waals surface area contributed by atoms with E-state index in [1.54, 1.807) is 19.2 Å². The molecule has 2 rings (SSSR count). The van der Waals surface area contributed by atoms with Crippen LogP contribution < -0.4 is 10.0 Å². The summed E-state index contributed by atoms with van der Waals surface area (Å²) in [5.41, 5.74) is 0.622. The van der Waals surface area contributed by atoms with E-state index in [4.69, 9.17) is 4.74 Å². The molecular weight excluding hydrogens is 352 g/mol. The van der Waals surface area contributed by atoms with Crippen LogP contribution in [0.2, 0.25) is 0 Å². The van der Waals surface area contributed by atoms with E-state index in [2.05, 4.69) is 10.0 Å². The van der Waals surface area contributed by atoms with Gasteiger partial charge in [0.2, 0.25) is 15.9 Å². The van der Waals surface area contributed by atoms with Crippen molar-refractivity contribution in [2.75, 3.05) is 25.6 Å². The van der Waals surface area contributed by atoms with E-state index < -0.39 is 10.0 Å². The van der Waals surface area contributed by atoms with Gasteiger partial charge in [0.1, 0.15) is 0 Å². The Morgan fingerprint density at radius 2 is 1.85 bits per heavy atom. The van der Waals surface area contributed by atoms with E-state index in [9.17, 15) is 13.2 Å². The van der Waals surface area contributed by atoms with Crippen LogP contribution in [0.15, 0.2) is 29.2 Å². The molecule has 7 heteroatoms. The molecule has 1 aliphatic rings. The van der Waals surface area contributed by atoms with E-state index >= 15 is 0 Å². The quantitative estimate of drug-likeness (QED) is 0.608. The van der Waals surface area contributed by atoms with Crippen molar-refractivity contribution in [2.45, 2.75) is 56.3 Å². The summed E-state index contributed by atoms with van der Waals surface area (Å²) >= 11 is 0. The lowest BCUT2D eigenvalue weighted by Crippen LogP contribution is -2.25. The van der Waals surface area contributed by atoms with E-state index in [0.29, 0.717) is 37.6 Å². The number of ether oxygens (including phenoxy) is 1. The fourth-order valence-electron chi connectivity index (χ4n) is 3.26. The number of carbonyl (C=O) groups is 1. The fraction of sp³-hybridized carbons (Fsp3) is 0.632. The van der Waals surface area contributed by atoms with Crippen LogP contribution >= 0.6 is 0 Å². The zero-order chi connectivity index (χ0) is 18.8. The average molecular weight is 383 g/mol. The Hall–Kier alpha value is -1.44. The van der Waals surface area contributed by atoms with Crippen LogP contribution in [0, 0.1) is 5.92 Å². The van der Waals surface area contributed by atoms with Crippen molar-refractivity contribution >= 4 is 21.6 Å². The molecule has 1 aliphatic carbocycles. The van der Waals surface area contributed by atoms with Crippen molar-refractivity contribution in [3.05, 3.63) is 24.3 Å². The van der Waals surface area contributed by atoms with Crippen molar-refractivity contribution in [1.29, 1.82) is 0 Å². The lowest BCUT2D eigenvalue weighted by atomic mass is 9.86. The van der Waals surface area contributed by atoms with Gasteiger partial charge < -0.3 is 10.1 Å². The first-order valence-electron chi connectivity index (χ1n) is 9.40. The van der Waals surface area contributed by atoms with E-state index in [0.717, 1.165) is 6.42 Å². The van der Waals surface area contributed by atoms with E-state index in [1.807, 2.05) is 0 Å². The molecular formula is C19H30N2O4S. The second-order valence-electron chi connectivity index (χ2n) is 6.86. The van der Waals surface area contributed by atoms with Crippen LogP contribution in [0.1, 0.15) is 51.4 Å². The molecule has 146 valence electrons.